The maximum absolute atomic E-state index is 11.3. The number of methoxy groups -OCH3 is 1. The van der Waals surface area contributed by atoms with Gasteiger partial charge in [0, 0.05) is 30.3 Å². The smallest absolute Gasteiger partial charge is 0.352 e. The van der Waals surface area contributed by atoms with E-state index in [1.165, 1.54) is 12.1 Å². The first kappa shape index (κ1) is 16.3. The molecule has 0 bridgehead atoms. The van der Waals surface area contributed by atoms with Crippen LogP contribution in [-0.2, 0) is 0 Å². The van der Waals surface area contributed by atoms with Gasteiger partial charge in [-0.25, -0.2) is 4.79 Å². The molecule has 0 aliphatic heterocycles. The molecular formula is C17H15N3O5. The van der Waals surface area contributed by atoms with Crippen molar-refractivity contribution >= 4 is 33.9 Å². The summed E-state index contributed by atoms with van der Waals surface area (Å²) in [5, 5.41) is 20.9. The van der Waals surface area contributed by atoms with Crippen LogP contribution < -0.4 is 9.64 Å². The van der Waals surface area contributed by atoms with Crippen LogP contribution in [0.25, 0.3) is 10.9 Å². The number of carbonyl (C=O) groups is 1. The first-order chi connectivity index (χ1) is 11.9. The fourth-order valence-corrected chi connectivity index (χ4v) is 2.71. The first-order valence-corrected chi connectivity index (χ1v) is 7.33. The van der Waals surface area contributed by atoms with Crippen LogP contribution in [0, 0.1) is 10.1 Å². The molecule has 3 rings (SSSR count). The number of rotatable bonds is 5. The van der Waals surface area contributed by atoms with Crippen LogP contribution >= 0.6 is 0 Å². The molecule has 0 saturated heterocycles. The molecule has 1 aromatic heterocycles. The molecule has 8 nitrogen and oxygen atoms in total. The van der Waals surface area contributed by atoms with E-state index in [-0.39, 0.29) is 16.9 Å². The van der Waals surface area contributed by atoms with E-state index in [9.17, 15) is 20.0 Å². The van der Waals surface area contributed by atoms with E-state index in [1.807, 2.05) is 29.2 Å². The SMILES string of the molecule is COc1cccc(N(C)c2ccc([N+](=O)[O-])c3[nH]c(C(=O)O)cc23)c1. The highest BCUT2D eigenvalue weighted by Gasteiger charge is 2.21. The molecule has 0 saturated carbocycles. The third-order valence-corrected chi connectivity index (χ3v) is 3.98. The fraction of sp³-hybridized carbons (Fsp3) is 0.118. The number of hydrogen-bond acceptors (Lipinski definition) is 5. The summed E-state index contributed by atoms with van der Waals surface area (Å²) in [5.41, 5.74) is 1.33. The van der Waals surface area contributed by atoms with Gasteiger partial charge in [0.1, 0.15) is 17.0 Å². The average molecular weight is 341 g/mol. The Balaban J connectivity index is 2.20. The van der Waals surface area contributed by atoms with E-state index in [1.54, 1.807) is 20.2 Å². The summed E-state index contributed by atoms with van der Waals surface area (Å²) in [5.74, 6) is -0.511. The van der Waals surface area contributed by atoms with Crippen molar-refractivity contribution in [2.75, 3.05) is 19.1 Å². The summed E-state index contributed by atoms with van der Waals surface area (Å²) in [4.78, 5) is 26.4. The van der Waals surface area contributed by atoms with Crippen LogP contribution in [-0.4, -0.2) is 35.1 Å². The van der Waals surface area contributed by atoms with Crippen LogP contribution in [0.1, 0.15) is 10.5 Å². The minimum Gasteiger partial charge on any atom is -0.497 e. The van der Waals surface area contributed by atoms with Crippen LogP contribution in [0.15, 0.2) is 42.5 Å². The van der Waals surface area contributed by atoms with Gasteiger partial charge in [-0.2, -0.15) is 0 Å². The van der Waals surface area contributed by atoms with Crippen molar-refractivity contribution in [3.63, 3.8) is 0 Å². The van der Waals surface area contributed by atoms with Gasteiger partial charge in [0.25, 0.3) is 5.69 Å². The standard InChI is InChI=1S/C17H15N3O5/c1-19(10-4-3-5-11(8-10)25-2)14-6-7-15(20(23)24)16-12(14)9-13(18-16)17(21)22/h3-9,18H,1-2H3,(H,21,22). The summed E-state index contributed by atoms with van der Waals surface area (Å²) in [6, 6.07) is 11.7. The third-order valence-electron chi connectivity index (χ3n) is 3.98. The summed E-state index contributed by atoms with van der Waals surface area (Å²) >= 11 is 0. The lowest BCUT2D eigenvalue weighted by Crippen LogP contribution is -2.10. The second kappa shape index (κ2) is 6.16. The van der Waals surface area contributed by atoms with Crippen molar-refractivity contribution in [1.29, 1.82) is 0 Å². The zero-order valence-electron chi connectivity index (χ0n) is 13.5. The molecule has 2 aromatic carbocycles. The molecule has 2 N–H and O–H groups in total. The molecule has 1 heterocycles. The second-order valence-corrected chi connectivity index (χ2v) is 5.40. The molecule has 128 valence electrons. The maximum Gasteiger partial charge on any atom is 0.352 e. The monoisotopic (exact) mass is 341 g/mol. The van der Waals surface area contributed by atoms with Gasteiger partial charge in [-0.05, 0) is 24.3 Å². The summed E-state index contributed by atoms with van der Waals surface area (Å²) in [6.07, 6.45) is 0. The van der Waals surface area contributed by atoms with E-state index in [0.717, 1.165) is 5.69 Å². The number of nitro benzene ring substituents is 1. The zero-order chi connectivity index (χ0) is 18.1. The lowest BCUT2D eigenvalue weighted by molar-refractivity contribution is -0.383. The van der Waals surface area contributed by atoms with Gasteiger partial charge in [-0.3, -0.25) is 10.1 Å². The first-order valence-electron chi connectivity index (χ1n) is 7.33. The number of aromatic carboxylic acids is 1. The number of H-pyrrole nitrogens is 1. The van der Waals surface area contributed by atoms with Crippen LogP contribution in [0.3, 0.4) is 0 Å². The van der Waals surface area contributed by atoms with Crippen molar-refractivity contribution in [2.24, 2.45) is 0 Å². The van der Waals surface area contributed by atoms with Crippen molar-refractivity contribution < 1.29 is 19.6 Å². The molecule has 0 unspecified atom stereocenters. The molecule has 0 aliphatic carbocycles. The minimum absolute atomic E-state index is 0.107. The van der Waals surface area contributed by atoms with Crippen LogP contribution in [0.4, 0.5) is 17.1 Å². The van der Waals surface area contributed by atoms with Gasteiger partial charge in [0.05, 0.1) is 17.7 Å². The molecule has 25 heavy (non-hydrogen) atoms. The van der Waals surface area contributed by atoms with Gasteiger partial charge in [-0.15, -0.1) is 0 Å². The highest BCUT2D eigenvalue weighted by atomic mass is 16.6. The number of carboxylic acid groups (broad SMARTS) is 1. The number of nitro groups is 1. The maximum atomic E-state index is 11.3. The highest BCUT2D eigenvalue weighted by molar-refractivity contribution is 6.04. The summed E-state index contributed by atoms with van der Waals surface area (Å²) in [6.45, 7) is 0. The molecule has 0 spiro atoms. The van der Waals surface area contributed by atoms with Crippen LogP contribution in [0.5, 0.6) is 5.75 Å². The third kappa shape index (κ3) is 2.85. The Bertz CT molecular complexity index is 980. The summed E-state index contributed by atoms with van der Waals surface area (Å²) in [7, 11) is 3.36. The quantitative estimate of drug-likeness (QED) is 0.542. The minimum atomic E-state index is -1.18. The van der Waals surface area contributed by atoms with Crippen molar-refractivity contribution in [3.8, 4) is 5.75 Å². The fourth-order valence-electron chi connectivity index (χ4n) is 2.71. The lowest BCUT2D eigenvalue weighted by atomic mass is 10.1. The number of nitrogens with one attached hydrogen (secondary N) is 1. The Morgan fingerprint density at radius 3 is 2.68 bits per heavy atom. The topological polar surface area (TPSA) is 109 Å². The van der Waals surface area contributed by atoms with E-state index >= 15 is 0 Å². The molecular weight excluding hydrogens is 326 g/mol. The number of benzene rings is 2. The summed E-state index contributed by atoms with van der Waals surface area (Å²) < 4.78 is 5.21. The number of anilines is 2. The van der Waals surface area contributed by atoms with Gasteiger partial charge >= 0.3 is 5.97 Å². The number of non-ortho nitro benzene ring substituents is 1. The molecule has 8 heteroatoms. The molecule has 0 amide bonds. The number of aromatic nitrogens is 1. The Hall–Kier alpha value is -3.55. The van der Waals surface area contributed by atoms with Crippen molar-refractivity contribution in [2.45, 2.75) is 0 Å². The van der Waals surface area contributed by atoms with Crippen molar-refractivity contribution in [3.05, 3.63) is 58.3 Å². The average Bonchev–Trinajstić information content (AvgIpc) is 3.05. The Morgan fingerprint density at radius 1 is 1.28 bits per heavy atom. The largest absolute Gasteiger partial charge is 0.497 e. The number of fused-ring (bicyclic) bond motifs is 1. The second-order valence-electron chi connectivity index (χ2n) is 5.40. The number of nitrogens with zero attached hydrogens (tertiary/aromatic N) is 2. The molecule has 0 aliphatic rings. The van der Waals surface area contributed by atoms with E-state index in [0.29, 0.717) is 16.8 Å². The number of hydrogen-bond donors (Lipinski definition) is 2. The van der Waals surface area contributed by atoms with Gasteiger partial charge < -0.3 is 19.7 Å². The normalized spacial score (nSPS) is 10.6. The van der Waals surface area contributed by atoms with Crippen LogP contribution in [0.2, 0.25) is 0 Å². The Labute approximate surface area is 142 Å². The zero-order valence-corrected chi connectivity index (χ0v) is 13.5. The van der Waals surface area contributed by atoms with E-state index < -0.39 is 10.9 Å². The highest BCUT2D eigenvalue weighted by Crippen LogP contribution is 2.37. The number of aromatic amines is 1. The number of ether oxygens (including phenoxy) is 1. The van der Waals surface area contributed by atoms with Crippen molar-refractivity contribution in [1.82, 2.24) is 4.98 Å². The Morgan fingerprint density at radius 2 is 2.04 bits per heavy atom. The van der Waals surface area contributed by atoms with Gasteiger partial charge in [0.2, 0.25) is 0 Å². The predicted octanol–water partition coefficient (Wildman–Crippen LogP) is 3.55. The van der Waals surface area contributed by atoms with E-state index in [2.05, 4.69) is 4.98 Å². The molecule has 0 atom stereocenters. The Kier molecular flexibility index (Phi) is 4.02. The van der Waals surface area contributed by atoms with Gasteiger partial charge in [-0.1, -0.05) is 6.07 Å². The van der Waals surface area contributed by atoms with E-state index in [4.69, 9.17) is 4.74 Å². The predicted molar refractivity (Wildman–Crippen MR) is 93.0 cm³/mol. The van der Waals surface area contributed by atoms with Gasteiger partial charge in [0.15, 0.2) is 0 Å². The number of carboxylic acids is 1. The lowest BCUT2D eigenvalue weighted by Gasteiger charge is -2.21. The molecule has 0 fully saturated rings. The molecule has 3 aromatic rings. The molecule has 0 radical (unpaired) electrons.